The monoisotopic (exact) mass is 755 g/mol. The van der Waals surface area contributed by atoms with E-state index >= 15 is 0 Å². The van der Waals surface area contributed by atoms with E-state index in [0.29, 0.717) is 6.42 Å². The molecule has 40 heavy (non-hydrogen) atoms. The molecule has 0 fully saturated rings. The van der Waals surface area contributed by atoms with Crippen molar-refractivity contribution in [2.45, 2.75) is 71.3 Å². The molecule has 0 aliphatic heterocycles. The van der Waals surface area contributed by atoms with Crippen LogP contribution in [0.3, 0.4) is 0 Å². The number of rotatable bonds is 20. The molecule has 0 rings (SSSR count). The number of hydrogen-bond acceptors (Lipinski definition) is 8. The Morgan fingerprint density at radius 1 is 0.675 bits per heavy atom. The Balaban J connectivity index is -0.00000216. The number of carboxylic acids is 2. The quantitative estimate of drug-likeness (QED) is 0.0731. The third-order valence-corrected chi connectivity index (χ3v) is 5.15. The first-order valence-corrected chi connectivity index (χ1v) is 11.9. The fourth-order valence-corrected chi connectivity index (χ4v) is 2.99. The topological polar surface area (TPSA) is 292 Å². The first-order valence-electron chi connectivity index (χ1n) is 11.9. The van der Waals surface area contributed by atoms with Gasteiger partial charge in [-0.15, -0.1) is 0 Å². The molecule has 1 atom stereocenters. The summed E-state index contributed by atoms with van der Waals surface area (Å²) in [6.07, 6.45) is 3.18. The Morgan fingerprint density at radius 2 is 1.15 bits per heavy atom. The van der Waals surface area contributed by atoms with E-state index in [4.69, 9.17) is 10.2 Å². The number of nitrogens with two attached hydrogens (primary N) is 2. The minimum absolute atomic E-state index is 0. The smallest absolute Gasteiger partial charge is 0.693 e. The number of carbonyl (C=O) groups excluding carboxylic acids is 6. The zero-order chi connectivity index (χ0) is 28.4. The minimum Gasteiger partial charge on any atom is -0.693 e. The van der Waals surface area contributed by atoms with Crippen molar-refractivity contribution in [3.8, 4) is 0 Å². The third-order valence-electron chi connectivity index (χ3n) is 5.15. The average Bonchev–Trinajstić information content (AvgIpc) is 2.83. The summed E-state index contributed by atoms with van der Waals surface area (Å²) in [6, 6.07) is -0.601. The van der Waals surface area contributed by atoms with Crippen LogP contribution in [0, 0.1) is 5.92 Å². The summed E-state index contributed by atoms with van der Waals surface area (Å²) < 4.78 is 0. The van der Waals surface area contributed by atoms with E-state index < -0.39 is 79.4 Å². The molecule has 0 heterocycles. The number of Topliss-reactive ketones (excluding diaryl/α,β-unsaturated/α-hetero) is 2. The van der Waals surface area contributed by atoms with Gasteiger partial charge in [0.1, 0.15) is 0 Å². The normalized spacial score (nSPS) is 10.4. The van der Waals surface area contributed by atoms with Gasteiger partial charge in [0, 0.05) is 19.3 Å². The first kappa shape index (κ1) is 43.8. The second-order valence-corrected chi connectivity index (χ2v) is 8.38. The molecule has 0 aromatic heterocycles. The molecule has 0 bridgehead atoms. The van der Waals surface area contributed by atoms with Crippen LogP contribution in [-0.4, -0.2) is 83.0 Å². The van der Waals surface area contributed by atoms with Crippen molar-refractivity contribution in [2.24, 2.45) is 5.92 Å². The molecular weight excluding hydrogens is 715 g/mol. The molecule has 16 nitrogen and oxygen atoms in total. The van der Waals surface area contributed by atoms with Crippen LogP contribution < -0.4 is 21.3 Å². The second kappa shape index (κ2) is 24.8. The number of aliphatic carboxylic acids is 2. The summed E-state index contributed by atoms with van der Waals surface area (Å²) in [4.78, 5) is 92.3. The molecular formula is C23H40N6O10Pt. The van der Waals surface area contributed by atoms with Gasteiger partial charge in [-0.25, -0.2) is 0 Å². The van der Waals surface area contributed by atoms with Crippen LogP contribution in [0.25, 0.3) is 12.3 Å². The Kier molecular flexibility index (Phi) is 27.1. The van der Waals surface area contributed by atoms with Gasteiger partial charge in [-0.2, -0.15) is 0 Å². The van der Waals surface area contributed by atoms with Gasteiger partial charge in [0.05, 0.1) is 25.7 Å². The number of nitrogens with one attached hydrogen (secondary N) is 4. The molecule has 10 N–H and O–H groups in total. The maximum absolute atomic E-state index is 12.1. The fourth-order valence-electron chi connectivity index (χ4n) is 2.99. The van der Waals surface area contributed by atoms with E-state index in [1.54, 1.807) is 0 Å². The standard InChI is InChI=1S/C23H36N4O10.2H2N.Pt/c1-3-4-5-6-7-17(14(2)28)27-19(31)9-8-18(30)25-12-21(33)26-13-20(32)24-11-15(29)10-16(22(34)35)23(36)37;;;/h16-17H,3-13H2,1-2H3,(H,24,32)(H,25,30)(H,26,33)(H,27,31)(H,34,35)(H,36,37);2*1H2;/q;2*-1;+2. The summed E-state index contributed by atoms with van der Waals surface area (Å²) in [6.45, 7) is 1.82. The molecule has 0 spiro atoms. The maximum Gasteiger partial charge on any atom is 2.00 e. The number of hydrogen-bond donors (Lipinski definition) is 6. The molecule has 0 saturated carbocycles. The Hall–Kier alpha value is -3.23. The summed E-state index contributed by atoms with van der Waals surface area (Å²) in [5.41, 5.74) is 0. The van der Waals surface area contributed by atoms with Crippen molar-refractivity contribution in [3.05, 3.63) is 12.3 Å². The Morgan fingerprint density at radius 3 is 1.62 bits per heavy atom. The van der Waals surface area contributed by atoms with Crippen LogP contribution in [0.4, 0.5) is 0 Å². The number of ketones is 2. The van der Waals surface area contributed by atoms with Gasteiger partial charge in [0.15, 0.2) is 17.5 Å². The summed E-state index contributed by atoms with van der Waals surface area (Å²) in [7, 11) is 0. The number of unbranched alkanes of at least 4 members (excludes halogenated alkanes) is 3. The molecule has 0 radical (unpaired) electrons. The van der Waals surface area contributed by atoms with E-state index in [1.165, 1.54) is 6.92 Å². The van der Waals surface area contributed by atoms with Gasteiger partial charge in [0.25, 0.3) is 0 Å². The molecule has 0 aliphatic rings. The van der Waals surface area contributed by atoms with E-state index in [2.05, 4.69) is 28.2 Å². The predicted molar refractivity (Wildman–Crippen MR) is 139 cm³/mol. The molecule has 1 unspecified atom stereocenters. The maximum atomic E-state index is 12.1. The molecule has 17 heteroatoms. The predicted octanol–water partition coefficient (Wildman–Crippen LogP) is 0.336. The Labute approximate surface area is 247 Å². The third kappa shape index (κ3) is 21.7. The summed E-state index contributed by atoms with van der Waals surface area (Å²) >= 11 is 0. The van der Waals surface area contributed by atoms with Crippen molar-refractivity contribution in [1.82, 2.24) is 21.3 Å². The summed E-state index contributed by atoms with van der Waals surface area (Å²) in [5.74, 6) is -8.83. The van der Waals surface area contributed by atoms with Gasteiger partial charge < -0.3 is 43.8 Å². The van der Waals surface area contributed by atoms with E-state index in [9.17, 15) is 38.4 Å². The molecule has 0 aromatic rings. The Bertz CT molecular complexity index is 857. The first-order chi connectivity index (χ1) is 17.4. The van der Waals surface area contributed by atoms with Crippen LogP contribution in [0.5, 0.6) is 0 Å². The van der Waals surface area contributed by atoms with Crippen LogP contribution >= 0.6 is 0 Å². The minimum atomic E-state index is -1.93. The van der Waals surface area contributed by atoms with Crippen LogP contribution in [0.2, 0.25) is 0 Å². The van der Waals surface area contributed by atoms with E-state index in [1.807, 2.05) is 0 Å². The number of carbonyl (C=O) groups is 8. The molecule has 0 aromatic carbocycles. The SMILES string of the molecule is CCCCCCC(NC(=O)CCC(=O)NCC(=O)NCC(=O)NCC(=O)CC(C(=O)O)C(=O)O)C(C)=O.[NH2-].[NH2-].[Pt+2]. The molecule has 232 valence electrons. The van der Waals surface area contributed by atoms with Gasteiger partial charge in [0.2, 0.25) is 23.6 Å². The van der Waals surface area contributed by atoms with Gasteiger partial charge in [-0.05, 0) is 13.3 Å². The number of carboxylic acid groups (broad SMARTS) is 2. The largest absolute Gasteiger partial charge is 2.00 e. The van der Waals surface area contributed by atoms with Crippen molar-refractivity contribution in [3.63, 3.8) is 0 Å². The molecule has 0 saturated heterocycles. The van der Waals surface area contributed by atoms with Crippen LogP contribution in [0.15, 0.2) is 0 Å². The average molecular weight is 756 g/mol. The van der Waals surface area contributed by atoms with Crippen molar-refractivity contribution >= 4 is 47.1 Å². The second-order valence-electron chi connectivity index (χ2n) is 8.38. The van der Waals surface area contributed by atoms with E-state index in [-0.39, 0.29) is 52.0 Å². The van der Waals surface area contributed by atoms with Gasteiger partial charge in [-0.3, -0.25) is 38.4 Å². The van der Waals surface area contributed by atoms with Crippen molar-refractivity contribution < 1.29 is 69.6 Å². The van der Waals surface area contributed by atoms with Gasteiger partial charge >= 0.3 is 33.0 Å². The fraction of sp³-hybridized carbons (Fsp3) is 0.652. The van der Waals surface area contributed by atoms with Crippen molar-refractivity contribution in [1.29, 1.82) is 0 Å². The molecule has 4 amide bonds. The van der Waals surface area contributed by atoms with Crippen LogP contribution in [0.1, 0.15) is 65.2 Å². The number of amides is 4. The van der Waals surface area contributed by atoms with Gasteiger partial charge in [-0.1, -0.05) is 32.6 Å². The molecule has 0 aliphatic carbocycles. The zero-order valence-electron chi connectivity index (χ0n) is 22.6. The van der Waals surface area contributed by atoms with E-state index in [0.717, 1.165) is 25.7 Å². The zero-order valence-corrected chi connectivity index (χ0v) is 24.8. The van der Waals surface area contributed by atoms with Crippen LogP contribution in [-0.2, 0) is 59.4 Å². The summed E-state index contributed by atoms with van der Waals surface area (Å²) in [5, 5.41) is 26.7. The van der Waals surface area contributed by atoms with Crippen molar-refractivity contribution in [2.75, 3.05) is 19.6 Å².